The third-order valence-corrected chi connectivity index (χ3v) is 5.17. The standard InChI is InChI=1S/C21H38N8O8/c1-10(2)16(23)19(35)28-12(6-8-15(31)32)17(33)27-11(5-7-14(22)30)18(34)29-13(20(36)37)4-3-9-26-21(24)25/h10-13,16H,3-9,23H2,1-2H3,(H2,22,30)(H,27,33)(H,28,35)(H,29,34)(H,31,32)(H,36,37)(H4,24,25,26). The molecule has 4 atom stereocenters. The number of carboxylic acid groups (broad SMARTS) is 2. The molecule has 0 spiro atoms. The van der Waals surface area contributed by atoms with E-state index in [0.29, 0.717) is 0 Å². The summed E-state index contributed by atoms with van der Waals surface area (Å²) in [6.07, 6.45) is -1.23. The van der Waals surface area contributed by atoms with E-state index in [9.17, 15) is 33.9 Å². The SMILES string of the molecule is CC(C)C(N)C(=O)NC(CCC(=O)O)C(=O)NC(CCC(N)=O)C(=O)NC(CCCN=C(N)N)C(=O)O. The minimum atomic E-state index is -1.41. The van der Waals surface area contributed by atoms with Gasteiger partial charge in [0.15, 0.2) is 5.96 Å². The molecule has 0 aliphatic carbocycles. The summed E-state index contributed by atoms with van der Waals surface area (Å²) in [5.41, 5.74) is 21.4. The van der Waals surface area contributed by atoms with Gasteiger partial charge in [-0.2, -0.15) is 0 Å². The van der Waals surface area contributed by atoms with Gasteiger partial charge in [0.05, 0.1) is 6.04 Å². The highest BCUT2D eigenvalue weighted by Gasteiger charge is 2.31. The van der Waals surface area contributed by atoms with Crippen molar-refractivity contribution in [3.05, 3.63) is 0 Å². The lowest BCUT2D eigenvalue weighted by Gasteiger charge is -2.25. The van der Waals surface area contributed by atoms with Gasteiger partial charge in [-0.05, 0) is 31.6 Å². The number of hydrogen-bond acceptors (Lipinski definition) is 8. The molecule has 13 N–H and O–H groups in total. The van der Waals surface area contributed by atoms with Gasteiger partial charge < -0.3 is 49.1 Å². The first-order valence-electron chi connectivity index (χ1n) is 11.6. The fourth-order valence-corrected chi connectivity index (χ4v) is 2.97. The fraction of sp³-hybridized carbons (Fsp3) is 0.667. The predicted molar refractivity (Wildman–Crippen MR) is 131 cm³/mol. The first kappa shape index (κ1) is 33.0. The first-order chi connectivity index (χ1) is 17.1. The molecule has 37 heavy (non-hydrogen) atoms. The van der Waals surface area contributed by atoms with E-state index in [0.717, 1.165) is 0 Å². The summed E-state index contributed by atoms with van der Waals surface area (Å²) in [6.45, 7) is 3.47. The van der Waals surface area contributed by atoms with Crippen LogP contribution in [0, 0.1) is 5.92 Å². The number of guanidine groups is 1. The van der Waals surface area contributed by atoms with Crippen molar-refractivity contribution in [1.29, 1.82) is 0 Å². The van der Waals surface area contributed by atoms with Crippen molar-refractivity contribution in [2.45, 2.75) is 76.5 Å². The van der Waals surface area contributed by atoms with Crippen LogP contribution in [0.2, 0.25) is 0 Å². The highest BCUT2D eigenvalue weighted by Crippen LogP contribution is 2.07. The monoisotopic (exact) mass is 530 g/mol. The van der Waals surface area contributed by atoms with Crippen molar-refractivity contribution in [3.63, 3.8) is 0 Å². The van der Waals surface area contributed by atoms with Crippen LogP contribution < -0.4 is 38.9 Å². The number of aliphatic carboxylic acids is 2. The second-order valence-electron chi connectivity index (χ2n) is 8.68. The molecule has 0 saturated heterocycles. The summed E-state index contributed by atoms with van der Waals surface area (Å²) in [6, 6.07) is -5.12. The van der Waals surface area contributed by atoms with Crippen LogP contribution in [-0.4, -0.2) is 82.5 Å². The lowest BCUT2D eigenvalue weighted by Crippen LogP contribution is -2.57. The maximum atomic E-state index is 12.9. The molecular formula is C21H38N8O8. The number of nitrogens with two attached hydrogens (primary N) is 4. The Bertz CT molecular complexity index is 859. The van der Waals surface area contributed by atoms with Crippen LogP contribution in [-0.2, 0) is 28.8 Å². The van der Waals surface area contributed by atoms with Crippen molar-refractivity contribution in [3.8, 4) is 0 Å². The smallest absolute Gasteiger partial charge is 0.326 e. The van der Waals surface area contributed by atoms with E-state index in [-0.39, 0.29) is 50.5 Å². The molecule has 0 aromatic rings. The molecule has 4 amide bonds. The van der Waals surface area contributed by atoms with Gasteiger partial charge in [-0.15, -0.1) is 0 Å². The molecule has 210 valence electrons. The Morgan fingerprint density at radius 2 is 1.24 bits per heavy atom. The second kappa shape index (κ2) is 16.7. The number of amides is 4. The van der Waals surface area contributed by atoms with E-state index >= 15 is 0 Å². The van der Waals surface area contributed by atoms with Crippen molar-refractivity contribution in [2.75, 3.05) is 6.54 Å². The number of aliphatic imine (C=N–C) groups is 1. The fourth-order valence-electron chi connectivity index (χ4n) is 2.97. The number of carbonyl (C=O) groups is 6. The molecule has 0 aromatic heterocycles. The highest BCUT2D eigenvalue weighted by molar-refractivity contribution is 5.94. The summed E-state index contributed by atoms with van der Waals surface area (Å²) in [5, 5.41) is 25.4. The average Bonchev–Trinajstić information content (AvgIpc) is 2.79. The molecule has 0 saturated carbocycles. The van der Waals surface area contributed by atoms with Crippen LogP contribution in [0.15, 0.2) is 4.99 Å². The van der Waals surface area contributed by atoms with E-state index < -0.39 is 66.2 Å². The van der Waals surface area contributed by atoms with Gasteiger partial charge in [-0.3, -0.25) is 29.0 Å². The van der Waals surface area contributed by atoms with E-state index in [1.54, 1.807) is 13.8 Å². The Labute approximate surface area is 214 Å². The van der Waals surface area contributed by atoms with Crippen LogP contribution in [0.5, 0.6) is 0 Å². The zero-order chi connectivity index (χ0) is 28.7. The van der Waals surface area contributed by atoms with Crippen LogP contribution in [0.3, 0.4) is 0 Å². The molecule has 4 unspecified atom stereocenters. The number of nitrogens with zero attached hydrogens (tertiary/aromatic N) is 1. The molecule has 16 heteroatoms. The van der Waals surface area contributed by atoms with Gasteiger partial charge in [0.1, 0.15) is 18.1 Å². The van der Waals surface area contributed by atoms with Crippen molar-refractivity contribution in [2.24, 2.45) is 33.8 Å². The molecule has 16 nitrogen and oxygen atoms in total. The topological polar surface area (TPSA) is 295 Å². The molecule has 0 aromatic carbocycles. The van der Waals surface area contributed by atoms with Crippen LogP contribution >= 0.6 is 0 Å². The largest absolute Gasteiger partial charge is 0.481 e. The van der Waals surface area contributed by atoms with Crippen molar-refractivity contribution in [1.82, 2.24) is 16.0 Å². The maximum Gasteiger partial charge on any atom is 0.326 e. The lowest BCUT2D eigenvalue weighted by atomic mass is 10.0. The number of primary amides is 1. The summed E-state index contributed by atoms with van der Waals surface area (Å²) in [7, 11) is 0. The predicted octanol–water partition coefficient (Wildman–Crippen LogP) is -3.31. The van der Waals surface area contributed by atoms with Gasteiger partial charge in [0.2, 0.25) is 23.6 Å². The quantitative estimate of drug-likeness (QED) is 0.0480. The molecule has 0 bridgehead atoms. The van der Waals surface area contributed by atoms with Crippen LogP contribution in [0.25, 0.3) is 0 Å². The minimum absolute atomic E-state index is 0.0429. The number of rotatable bonds is 18. The average molecular weight is 531 g/mol. The molecule has 0 fully saturated rings. The third-order valence-electron chi connectivity index (χ3n) is 5.17. The summed E-state index contributed by atoms with van der Waals surface area (Å²) >= 11 is 0. The van der Waals surface area contributed by atoms with Crippen molar-refractivity contribution < 1.29 is 39.0 Å². The lowest BCUT2D eigenvalue weighted by molar-refractivity contribution is -0.142. The summed E-state index contributed by atoms with van der Waals surface area (Å²) < 4.78 is 0. The first-order valence-corrected chi connectivity index (χ1v) is 11.6. The molecular weight excluding hydrogens is 492 g/mol. The zero-order valence-corrected chi connectivity index (χ0v) is 20.9. The normalized spacial score (nSPS) is 13.9. The van der Waals surface area contributed by atoms with Gasteiger partial charge in [-0.1, -0.05) is 13.8 Å². The Hall–Kier alpha value is -3.95. The zero-order valence-electron chi connectivity index (χ0n) is 20.9. The summed E-state index contributed by atoms with van der Waals surface area (Å²) in [5.74, 6) is -6.37. The molecule has 0 heterocycles. The van der Waals surface area contributed by atoms with Crippen LogP contribution in [0.4, 0.5) is 0 Å². The Morgan fingerprint density at radius 1 is 0.757 bits per heavy atom. The highest BCUT2D eigenvalue weighted by atomic mass is 16.4. The number of carboxylic acids is 2. The van der Waals surface area contributed by atoms with Gasteiger partial charge >= 0.3 is 11.9 Å². The van der Waals surface area contributed by atoms with E-state index in [1.165, 1.54) is 0 Å². The van der Waals surface area contributed by atoms with E-state index in [2.05, 4.69) is 20.9 Å². The van der Waals surface area contributed by atoms with Crippen LogP contribution in [0.1, 0.15) is 52.4 Å². The second-order valence-corrected chi connectivity index (χ2v) is 8.68. The van der Waals surface area contributed by atoms with E-state index in [4.69, 9.17) is 28.0 Å². The Balaban J connectivity index is 5.61. The van der Waals surface area contributed by atoms with Crippen molar-refractivity contribution >= 4 is 41.5 Å². The number of nitrogens with one attached hydrogen (secondary N) is 3. The Kier molecular flexibility index (Phi) is 14.9. The van der Waals surface area contributed by atoms with Gasteiger partial charge in [0, 0.05) is 19.4 Å². The number of carbonyl (C=O) groups excluding carboxylic acids is 4. The minimum Gasteiger partial charge on any atom is -0.481 e. The third kappa shape index (κ3) is 14.3. The molecule has 0 radical (unpaired) electrons. The number of hydrogen-bond donors (Lipinski definition) is 9. The Morgan fingerprint density at radius 3 is 1.68 bits per heavy atom. The molecule has 0 rings (SSSR count). The molecule has 0 aliphatic heterocycles. The van der Waals surface area contributed by atoms with Gasteiger partial charge in [0.25, 0.3) is 0 Å². The maximum absolute atomic E-state index is 12.9. The van der Waals surface area contributed by atoms with E-state index in [1.807, 2.05) is 0 Å². The van der Waals surface area contributed by atoms with Gasteiger partial charge in [-0.25, -0.2) is 4.79 Å². The summed E-state index contributed by atoms with van der Waals surface area (Å²) in [4.78, 5) is 75.8. The molecule has 0 aliphatic rings.